The van der Waals surface area contributed by atoms with E-state index < -0.39 is 0 Å². The van der Waals surface area contributed by atoms with Crippen molar-refractivity contribution in [3.05, 3.63) is 53.4 Å². The minimum absolute atomic E-state index is 0.0720. The third-order valence-electron chi connectivity index (χ3n) is 4.81. The molecule has 158 valence electrons. The van der Waals surface area contributed by atoms with Crippen LogP contribution >= 0.6 is 0 Å². The lowest BCUT2D eigenvalue weighted by atomic mass is 10.1. The number of aryl methyl sites for hydroxylation is 1. The Labute approximate surface area is 175 Å². The third kappa shape index (κ3) is 4.71. The van der Waals surface area contributed by atoms with Crippen molar-refractivity contribution in [3.63, 3.8) is 0 Å². The summed E-state index contributed by atoms with van der Waals surface area (Å²) in [5, 5.41) is 3.99. The Balaban J connectivity index is 1.62. The summed E-state index contributed by atoms with van der Waals surface area (Å²) < 4.78 is 21.5. The first-order chi connectivity index (χ1) is 14.4. The van der Waals surface area contributed by atoms with Crippen molar-refractivity contribution >= 4 is 5.91 Å². The van der Waals surface area contributed by atoms with Crippen LogP contribution in [0.5, 0.6) is 17.2 Å². The zero-order chi connectivity index (χ0) is 21.7. The van der Waals surface area contributed by atoms with Crippen molar-refractivity contribution in [3.8, 4) is 28.6 Å². The van der Waals surface area contributed by atoms with E-state index in [0.29, 0.717) is 29.0 Å². The Morgan fingerprint density at radius 3 is 2.57 bits per heavy atom. The van der Waals surface area contributed by atoms with Crippen LogP contribution in [0, 0.1) is 13.8 Å². The molecule has 0 bridgehead atoms. The van der Waals surface area contributed by atoms with Crippen LogP contribution in [-0.2, 0) is 11.3 Å². The number of rotatable bonds is 8. The Morgan fingerprint density at radius 2 is 1.83 bits per heavy atom. The third-order valence-corrected chi connectivity index (χ3v) is 4.81. The number of nitrogens with zero attached hydrogens (tertiary/aromatic N) is 3. The molecule has 0 radical (unpaired) electrons. The minimum atomic E-state index is -0.193. The van der Waals surface area contributed by atoms with Gasteiger partial charge in [0.15, 0.2) is 18.1 Å². The van der Waals surface area contributed by atoms with Crippen LogP contribution < -0.4 is 14.2 Å². The van der Waals surface area contributed by atoms with E-state index >= 15 is 0 Å². The minimum Gasteiger partial charge on any atom is -0.493 e. The van der Waals surface area contributed by atoms with E-state index in [1.165, 1.54) is 4.90 Å². The summed E-state index contributed by atoms with van der Waals surface area (Å²) in [4.78, 5) is 18.3. The Bertz CT molecular complexity index is 1030. The summed E-state index contributed by atoms with van der Waals surface area (Å²) in [6.07, 6.45) is 0. The number of likely N-dealkylation sites (N-methyl/N-ethyl adjacent to an activating group) is 1. The number of carbonyl (C=O) groups is 1. The van der Waals surface area contributed by atoms with Gasteiger partial charge in [0.1, 0.15) is 5.75 Å². The Hall–Kier alpha value is -3.55. The van der Waals surface area contributed by atoms with Crippen LogP contribution in [-0.4, -0.2) is 48.8 Å². The summed E-state index contributed by atoms with van der Waals surface area (Å²) in [5.74, 6) is 2.41. The largest absolute Gasteiger partial charge is 0.493 e. The van der Waals surface area contributed by atoms with E-state index in [1.54, 1.807) is 33.4 Å². The van der Waals surface area contributed by atoms with E-state index in [0.717, 1.165) is 16.7 Å². The maximum Gasteiger partial charge on any atom is 0.260 e. The predicted octanol–water partition coefficient (Wildman–Crippen LogP) is 3.41. The molecule has 30 heavy (non-hydrogen) atoms. The zero-order valence-corrected chi connectivity index (χ0v) is 17.8. The molecule has 0 saturated carbocycles. The van der Waals surface area contributed by atoms with Crippen molar-refractivity contribution in [2.75, 3.05) is 27.9 Å². The van der Waals surface area contributed by atoms with Gasteiger partial charge in [-0.15, -0.1) is 0 Å². The van der Waals surface area contributed by atoms with Crippen LogP contribution in [0.15, 0.2) is 40.9 Å². The van der Waals surface area contributed by atoms with E-state index in [9.17, 15) is 4.79 Å². The van der Waals surface area contributed by atoms with E-state index in [2.05, 4.69) is 10.1 Å². The van der Waals surface area contributed by atoms with Gasteiger partial charge in [0.25, 0.3) is 5.91 Å². The molecular formula is C22H25N3O5. The number of benzene rings is 2. The molecule has 8 heteroatoms. The Morgan fingerprint density at radius 1 is 1.07 bits per heavy atom. The van der Waals surface area contributed by atoms with Crippen LogP contribution in [0.2, 0.25) is 0 Å². The number of hydrogen-bond acceptors (Lipinski definition) is 7. The van der Waals surface area contributed by atoms with Gasteiger partial charge in [-0.3, -0.25) is 4.79 Å². The molecule has 0 aliphatic heterocycles. The highest BCUT2D eigenvalue weighted by atomic mass is 16.5. The highest BCUT2D eigenvalue weighted by Crippen LogP contribution is 2.31. The lowest BCUT2D eigenvalue weighted by molar-refractivity contribution is -0.132. The number of amides is 1. The molecule has 2 aromatic carbocycles. The number of aromatic nitrogens is 2. The van der Waals surface area contributed by atoms with Gasteiger partial charge in [-0.05, 0) is 49.2 Å². The van der Waals surface area contributed by atoms with Gasteiger partial charge in [0.2, 0.25) is 11.7 Å². The topological polar surface area (TPSA) is 86.9 Å². The molecule has 0 fully saturated rings. The van der Waals surface area contributed by atoms with Crippen molar-refractivity contribution in [1.29, 1.82) is 0 Å². The summed E-state index contributed by atoms with van der Waals surface area (Å²) >= 11 is 0. The second-order valence-electron chi connectivity index (χ2n) is 6.82. The fourth-order valence-corrected chi connectivity index (χ4v) is 2.83. The lowest BCUT2D eigenvalue weighted by Gasteiger charge is -2.16. The highest BCUT2D eigenvalue weighted by molar-refractivity contribution is 5.77. The van der Waals surface area contributed by atoms with E-state index in [-0.39, 0.29) is 19.1 Å². The molecule has 0 spiro atoms. The van der Waals surface area contributed by atoms with Crippen LogP contribution in [0.4, 0.5) is 0 Å². The lowest BCUT2D eigenvalue weighted by Crippen LogP contribution is -2.31. The first kappa shape index (κ1) is 21.2. The molecule has 0 saturated heterocycles. The van der Waals surface area contributed by atoms with Gasteiger partial charge >= 0.3 is 0 Å². The molecule has 1 amide bonds. The van der Waals surface area contributed by atoms with Crippen LogP contribution in [0.1, 0.15) is 17.0 Å². The van der Waals surface area contributed by atoms with Crippen molar-refractivity contribution < 1.29 is 23.5 Å². The molecule has 1 heterocycles. The molecule has 1 aromatic heterocycles. The quantitative estimate of drug-likeness (QED) is 0.561. The first-order valence-corrected chi connectivity index (χ1v) is 9.41. The van der Waals surface area contributed by atoms with Gasteiger partial charge < -0.3 is 23.6 Å². The normalized spacial score (nSPS) is 10.6. The average molecular weight is 411 g/mol. The highest BCUT2D eigenvalue weighted by Gasteiger charge is 2.17. The maximum atomic E-state index is 12.4. The Kier molecular flexibility index (Phi) is 6.56. The molecule has 0 atom stereocenters. The molecule has 0 unspecified atom stereocenters. The van der Waals surface area contributed by atoms with Gasteiger partial charge in [0, 0.05) is 12.6 Å². The van der Waals surface area contributed by atoms with Gasteiger partial charge in [-0.1, -0.05) is 17.3 Å². The van der Waals surface area contributed by atoms with Crippen LogP contribution in [0.3, 0.4) is 0 Å². The summed E-state index contributed by atoms with van der Waals surface area (Å²) in [5.41, 5.74) is 2.85. The molecule has 3 aromatic rings. The van der Waals surface area contributed by atoms with E-state index in [4.69, 9.17) is 18.7 Å². The summed E-state index contributed by atoms with van der Waals surface area (Å²) in [6.45, 7) is 4.07. The summed E-state index contributed by atoms with van der Waals surface area (Å²) in [7, 11) is 4.79. The molecule has 3 rings (SSSR count). The smallest absolute Gasteiger partial charge is 0.260 e. The monoisotopic (exact) mass is 411 g/mol. The number of carbonyl (C=O) groups excluding carboxylic acids is 1. The van der Waals surface area contributed by atoms with Gasteiger partial charge in [-0.25, -0.2) is 0 Å². The predicted molar refractivity (Wildman–Crippen MR) is 111 cm³/mol. The van der Waals surface area contributed by atoms with Gasteiger partial charge in [-0.2, -0.15) is 4.98 Å². The van der Waals surface area contributed by atoms with E-state index in [1.807, 2.05) is 38.1 Å². The first-order valence-electron chi connectivity index (χ1n) is 9.41. The fraction of sp³-hybridized carbons (Fsp3) is 0.318. The summed E-state index contributed by atoms with van der Waals surface area (Å²) in [6, 6.07) is 11.1. The SMILES string of the molecule is COc1ccc(-c2noc(CN(C)C(=O)COc3cccc(C)c3C)n2)cc1OC. The van der Waals surface area contributed by atoms with Crippen molar-refractivity contribution in [2.45, 2.75) is 20.4 Å². The molecular weight excluding hydrogens is 386 g/mol. The second kappa shape index (κ2) is 9.30. The van der Waals surface area contributed by atoms with Crippen molar-refractivity contribution in [2.24, 2.45) is 0 Å². The maximum absolute atomic E-state index is 12.4. The molecule has 0 aliphatic carbocycles. The number of ether oxygens (including phenoxy) is 3. The fourth-order valence-electron chi connectivity index (χ4n) is 2.83. The second-order valence-corrected chi connectivity index (χ2v) is 6.82. The molecule has 8 nitrogen and oxygen atoms in total. The molecule has 0 aliphatic rings. The zero-order valence-electron chi connectivity index (χ0n) is 17.8. The average Bonchev–Trinajstić information content (AvgIpc) is 3.22. The number of hydrogen-bond donors (Lipinski definition) is 0. The van der Waals surface area contributed by atoms with Crippen molar-refractivity contribution in [1.82, 2.24) is 15.0 Å². The molecule has 0 N–H and O–H groups in total. The van der Waals surface area contributed by atoms with Crippen LogP contribution in [0.25, 0.3) is 11.4 Å². The number of methoxy groups -OCH3 is 2. The standard InChI is InChI=1S/C22H25N3O5/c1-14-7-6-8-17(15(14)2)29-13-21(26)25(3)12-20-23-22(24-30-20)16-9-10-18(27-4)19(11-16)28-5/h6-11H,12-13H2,1-5H3. The van der Waals surface area contributed by atoms with Gasteiger partial charge in [0.05, 0.1) is 20.8 Å².